The number of piperidine rings is 1. The molecule has 7 heteroatoms. The normalized spacial score (nSPS) is 17.3. The van der Waals surface area contributed by atoms with Crippen molar-refractivity contribution >= 4 is 22.7 Å². The van der Waals surface area contributed by atoms with E-state index in [1.807, 2.05) is 12.1 Å². The van der Waals surface area contributed by atoms with E-state index < -0.39 is 0 Å². The van der Waals surface area contributed by atoms with Crippen LogP contribution in [0.3, 0.4) is 0 Å². The third kappa shape index (κ3) is 4.62. The molecule has 2 saturated heterocycles. The summed E-state index contributed by atoms with van der Waals surface area (Å²) in [6.07, 6.45) is 4.61. The van der Waals surface area contributed by atoms with Crippen LogP contribution < -0.4 is 19.3 Å². The first-order valence-corrected chi connectivity index (χ1v) is 12.3. The van der Waals surface area contributed by atoms with E-state index in [1.54, 1.807) is 14.2 Å². The zero-order valence-electron chi connectivity index (χ0n) is 20.5. The fraction of sp³-hybridized carbons (Fsp3) is 0.481. The first kappa shape index (κ1) is 22.7. The van der Waals surface area contributed by atoms with Gasteiger partial charge in [0.25, 0.3) is 0 Å². The molecule has 3 aromatic rings. The molecule has 2 aliphatic rings. The number of rotatable bonds is 7. The second-order valence-corrected chi connectivity index (χ2v) is 9.37. The maximum atomic E-state index is 5.61. The van der Waals surface area contributed by atoms with Gasteiger partial charge in [-0.2, -0.15) is 4.98 Å². The SMILES string of the molecule is COc1cc2nc(N3CCCC3)nc(N(C)C3CCN(Cc4ccccc4)CC3)c2cc1OC. The van der Waals surface area contributed by atoms with Gasteiger partial charge in [0.15, 0.2) is 11.5 Å². The Morgan fingerprint density at radius 3 is 2.26 bits per heavy atom. The van der Waals surface area contributed by atoms with E-state index in [0.29, 0.717) is 17.5 Å². The van der Waals surface area contributed by atoms with Crippen LogP contribution >= 0.6 is 0 Å². The Morgan fingerprint density at radius 2 is 1.59 bits per heavy atom. The number of hydrogen-bond donors (Lipinski definition) is 0. The summed E-state index contributed by atoms with van der Waals surface area (Å²) in [5.41, 5.74) is 2.28. The van der Waals surface area contributed by atoms with Crippen molar-refractivity contribution in [3.8, 4) is 11.5 Å². The molecule has 0 unspecified atom stereocenters. The largest absolute Gasteiger partial charge is 0.493 e. The number of fused-ring (bicyclic) bond motifs is 1. The highest BCUT2D eigenvalue weighted by molar-refractivity contribution is 5.93. The van der Waals surface area contributed by atoms with E-state index in [0.717, 1.165) is 68.2 Å². The van der Waals surface area contributed by atoms with Crippen LogP contribution in [0.15, 0.2) is 42.5 Å². The topological polar surface area (TPSA) is 54.0 Å². The van der Waals surface area contributed by atoms with Crippen LogP contribution in [0, 0.1) is 0 Å². The van der Waals surface area contributed by atoms with Crippen LogP contribution in [-0.2, 0) is 6.54 Å². The number of nitrogens with zero attached hydrogens (tertiary/aromatic N) is 5. The van der Waals surface area contributed by atoms with Crippen molar-refractivity contribution in [2.45, 2.75) is 38.3 Å². The predicted molar refractivity (Wildman–Crippen MR) is 137 cm³/mol. The Hall–Kier alpha value is -3.06. The smallest absolute Gasteiger partial charge is 0.227 e. The molecule has 1 aromatic heterocycles. The van der Waals surface area contributed by atoms with Crippen molar-refractivity contribution in [1.82, 2.24) is 14.9 Å². The first-order valence-electron chi connectivity index (χ1n) is 12.3. The summed E-state index contributed by atoms with van der Waals surface area (Å²) in [7, 11) is 5.53. The Labute approximate surface area is 202 Å². The average molecular weight is 462 g/mol. The molecule has 34 heavy (non-hydrogen) atoms. The number of aromatic nitrogens is 2. The monoisotopic (exact) mass is 461 g/mol. The molecule has 0 amide bonds. The third-order valence-corrected chi connectivity index (χ3v) is 7.25. The van der Waals surface area contributed by atoms with Crippen molar-refractivity contribution in [2.24, 2.45) is 0 Å². The van der Waals surface area contributed by atoms with Gasteiger partial charge >= 0.3 is 0 Å². The average Bonchev–Trinajstić information content (AvgIpc) is 3.43. The third-order valence-electron chi connectivity index (χ3n) is 7.25. The molecule has 5 rings (SSSR count). The second-order valence-electron chi connectivity index (χ2n) is 9.37. The molecular weight excluding hydrogens is 426 g/mol. The van der Waals surface area contributed by atoms with Crippen molar-refractivity contribution < 1.29 is 9.47 Å². The lowest BCUT2D eigenvalue weighted by atomic mass is 10.0. The summed E-state index contributed by atoms with van der Waals surface area (Å²) < 4.78 is 11.2. The van der Waals surface area contributed by atoms with E-state index >= 15 is 0 Å². The zero-order chi connectivity index (χ0) is 23.5. The molecule has 0 atom stereocenters. The first-order chi connectivity index (χ1) is 16.7. The van der Waals surface area contributed by atoms with Gasteiger partial charge in [0.2, 0.25) is 5.95 Å². The molecule has 2 aromatic carbocycles. The molecule has 2 fully saturated rings. The lowest BCUT2D eigenvalue weighted by molar-refractivity contribution is 0.203. The Morgan fingerprint density at radius 1 is 0.912 bits per heavy atom. The minimum absolute atomic E-state index is 0.435. The Balaban J connectivity index is 1.42. The lowest BCUT2D eigenvalue weighted by Crippen LogP contribution is -2.43. The summed E-state index contributed by atoms with van der Waals surface area (Å²) in [6, 6.07) is 15.2. The van der Waals surface area contributed by atoms with Gasteiger partial charge in [0.05, 0.1) is 19.7 Å². The van der Waals surface area contributed by atoms with Gasteiger partial charge in [-0.1, -0.05) is 30.3 Å². The molecule has 3 heterocycles. The lowest BCUT2D eigenvalue weighted by Gasteiger charge is -2.38. The van der Waals surface area contributed by atoms with Crippen LogP contribution in [0.25, 0.3) is 10.9 Å². The zero-order valence-corrected chi connectivity index (χ0v) is 20.5. The number of methoxy groups -OCH3 is 2. The van der Waals surface area contributed by atoms with Crippen LogP contribution in [-0.4, -0.2) is 68.4 Å². The van der Waals surface area contributed by atoms with Gasteiger partial charge < -0.3 is 19.3 Å². The van der Waals surface area contributed by atoms with E-state index in [1.165, 1.54) is 18.4 Å². The molecule has 0 aliphatic carbocycles. The highest BCUT2D eigenvalue weighted by Crippen LogP contribution is 2.37. The Bertz CT molecular complexity index is 1110. The van der Waals surface area contributed by atoms with Gasteiger partial charge in [-0.05, 0) is 37.3 Å². The number of anilines is 2. The summed E-state index contributed by atoms with van der Waals surface area (Å²) in [6.45, 7) is 5.22. The number of hydrogen-bond acceptors (Lipinski definition) is 7. The van der Waals surface area contributed by atoms with E-state index in [9.17, 15) is 0 Å². The predicted octanol–water partition coefficient (Wildman–Crippen LogP) is 4.35. The van der Waals surface area contributed by atoms with Gasteiger partial charge in [-0.3, -0.25) is 4.90 Å². The summed E-state index contributed by atoms with van der Waals surface area (Å²) in [5.74, 6) is 3.21. The summed E-state index contributed by atoms with van der Waals surface area (Å²) in [5, 5.41) is 1.01. The van der Waals surface area contributed by atoms with Crippen molar-refractivity contribution in [3.05, 3.63) is 48.0 Å². The van der Waals surface area contributed by atoms with E-state index in [4.69, 9.17) is 19.4 Å². The van der Waals surface area contributed by atoms with Crippen LogP contribution in [0.5, 0.6) is 11.5 Å². The molecule has 2 aliphatic heterocycles. The standard InChI is InChI=1S/C27H35N5O2/c1-30(21-11-15-31(16-12-21)19-20-9-5-4-6-10-20)26-22-17-24(33-2)25(34-3)18-23(22)28-27(29-26)32-13-7-8-14-32/h4-6,9-10,17-18,21H,7-8,11-16,19H2,1-3H3. The van der Waals surface area contributed by atoms with Crippen molar-refractivity contribution in [2.75, 3.05) is 57.2 Å². The molecule has 0 saturated carbocycles. The van der Waals surface area contributed by atoms with E-state index in [-0.39, 0.29) is 0 Å². The quantitative estimate of drug-likeness (QED) is 0.519. The van der Waals surface area contributed by atoms with Crippen molar-refractivity contribution in [3.63, 3.8) is 0 Å². The molecular formula is C27H35N5O2. The fourth-order valence-corrected chi connectivity index (χ4v) is 5.23. The van der Waals surface area contributed by atoms with Gasteiger partial charge in [-0.25, -0.2) is 4.98 Å². The summed E-state index contributed by atoms with van der Waals surface area (Å²) in [4.78, 5) is 17.3. The number of likely N-dealkylation sites (tertiary alicyclic amines) is 1. The molecule has 180 valence electrons. The van der Waals surface area contributed by atoms with Gasteiger partial charge in [0.1, 0.15) is 5.82 Å². The Kier molecular flexibility index (Phi) is 6.72. The van der Waals surface area contributed by atoms with Crippen LogP contribution in [0.1, 0.15) is 31.2 Å². The molecule has 0 bridgehead atoms. The highest BCUT2D eigenvalue weighted by atomic mass is 16.5. The molecule has 0 spiro atoms. The molecule has 0 radical (unpaired) electrons. The van der Waals surface area contributed by atoms with Gasteiger partial charge in [-0.15, -0.1) is 0 Å². The second kappa shape index (κ2) is 10.1. The van der Waals surface area contributed by atoms with Crippen LogP contribution in [0.2, 0.25) is 0 Å². The maximum Gasteiger partial charge on any atom is 0.227 e. The van der Waals surface area contributed by atoms with Gasteiger partial charge in [0, 0.05) is 57.3 Å². The minimum atomic E-state index is 0.435. The van der Waals surface area contributed by atoms with Crippen LogP contribution in [0.4, 0.5) is 11.8 Å². The van der Waals surface area contributed by atoms with Crippen molar-refractivity contribution in [1.29, 1.82) is 0 Å². The minimum Gasteiger partial charge on any atom is -0.493 e. The van der Waals surface area contributed by atoms with E-state index in [2.05, 4.69) is 52.1 Å². The molecule has 0 N–H and O–H groups in total. The highest BCUT2D eigenvalue weighted by Gasteiger charge is 2.27. The number of ether oxygens (including phenoxy) is 2. The maximum absolute atomic E-state index is 5.61. The fourth-order valence-electron chi connectivity index (χ4n) is 5.23. The summed E-state index contributed by atoms with van der Waals surface area (Å²) >= 11 is 0. The number of benzene rings is 2. The molecule has 7 nitrogen and oxygen atoms in total.